The van der Waals surface area contributed by atoms with Gasteiger partial charge in [-0.3, -0.25) is 4.99 Å². The Morgan fingerprint density at radius 1 is 1.31 bits per heavy atom. The fourth-order valence-electron chi connectivity index (χ4n) is 1.22. The van der Waals surface area contributed by atoms with Gasteiger partial charge in [0.05, 0.1) is 5.70 Å². The van der Waals surface area contributed by atoms with Gasteiger partial charge in [0, 0.05) is 17.4 Å². The molecule has 0 unspecified atom stereocenters. The Labute approximate surface area is 95.9 Å². The van der Waals surface area contributed by atoms with Gasteiger partial charge in [0.1, 0.15) is 5.76 Å². The molecule has 0 spiro atoms. The first kappa shape index (κ1) is 12.2. The molecule has 0 atom stereocenters. The topological polar surface area (TPSA) is 47.6 Å². The summed E-state index contributed by atoms with van der Waals surface area (Å²) in [6, 6.07) is 9.81. The van der Waals surface area contributed by atoms with Crippen LogP contribution in [0.4, 0.5) is 0 Å². The highest BCUT2D eigenvalue weighted by Crippen LogP contribution is 2.17. The largest absolute Gasteiger partial charge is 0.412 e. The minimum Gasteiger partial charge on any atom is -0.412 e. The first-order valence-corrected chi connectivity index (χ1v) is 4.98. The Morgan fingerprint density at radius 2 is 1.94 bits per heavy atom. The molecular weight excluding hydrogens is 200 g/mol. The molecule has 0 saturated carbocycles. The third kappa shape index (κ3) is 3.71. The van der Waals surface area contributed by atoms with E-state index >= 15 is 0 Å². The molecule has 1 aromatic rings. The van der Waals surface area contributed by atoms with Crippen molar-refractivity contribution in [1.29, 1.82) is 0 Å². The van der Waals surface area contributed by atoms with Crippen molar-refractivity contribution in [2.24, 2.45) is 10.9 Å². The standard InChI is InChI=1S/C13H16N2O/c1-10(2)15-13(9-11(3)16-14)12-7-5-4-6-8-12/h4-9H,3,14H2,1-2H3/b13-9-. The summed E-state index contributed by atoms with van der Waals surface area (Å²) < 4.78 is 0. The van der Waals surface area contributed by atoms with E-state index in [0.717, 1.165) is 17.0 Å². The second-order valence-corrected chi connectivity index (χ2v) is 3.54. The lowest BCUT2D eigenvalue weighted by atomic mass is 10.1. The molecule has 3 nitrogen and oxygen atoms in total. The summed E-state index contributed by atoms with van der Waals surface area (Å²) >= 11 is 0. The lowest BCUT2D eigenvalue weighted by molar-refractivity contribution is 0.236. The van der Waals surface area contributed by atoms with Gasteiger partial charge in [-0.1, -0.05) is 36.9 Å². The van der Waals surface area contributed by atoms with Crippen molar-refractivity contribution in [3.05, 3.63) is 54.3 Å². The van der Waals surface area contributed by atoms with E-state index in [9.17, 15) is 0 Å². The molecule has 0 aliphatic heterocycles. The minimum absolute atomic E-state index is 0.379. The maximum Gasteiger partial charge on any atom is 0.141 e. The van der Waals surface area contributed by atoms with Crippen molar-refractivity contribution in [3.63, 3.8) is 0 Å². The number of hydrogen-bond acceptors (Lipinski definition) is 3. The summed E-state index contributed by atoms with van der Waals surface area (Å²) in [6.45, 7) is 7.52. The van der Waals surface area contributed by atoms with Crippen molar-refractivity contribution < 1.29 is 4.84 Å². The van der Waals surface area contributed by atoms with Crippen LogP contribution in [0, 0.1) is 0 Å². The number of aliphatic imine (C=N–C) groups is 1. The highest BCUT2D eigenvalue weighted by molar-refractivity contribution is 5.86. The molecule has 16 heavy (non-hydrogen) atoms. The van der Waals surface area contributed by atoms with Crippen molar-refractivity contribution in [2.45, 2.75) is 13.8 Å². The van der Waals surface area contributed by atoms with Gasteiger partial charge in [-0.2, -0.15) is 5.90 Å². The lowest BCUT2D eigenvalue weighted by Gasteiger charge is -2.04. The van der Waals surface area contributed by atoms with Gasteiger partial charge in [0.25, 0.3) is 0 Å². The van der Waals surface area contributed by atoms with E-state index in [1.807, 2.05) is 44.2 Å². The summed E-state index contributed by atoms with van der Waals surface area (Å²) in [5.41, 5.74) is 2.75. The van der Waals surface area contributed by atoms with Crippen LogP contribution < -0.4 is 5.90 Å². The number of rotatable bonds is 4. The molecule has 0 bridgehead atoms. The normalized spacial score (nSPS) is 10.8. The summed E-state index contributed by atoms with van der Waals surface area (Å²) in [5.74, 6) is 5.42. The lowest BCUT2D eigenvalue weighted by Crippen LogP contribution is -1.96. The molecule has 0 aliphatic rings. The number of benzene rings is 1. The molecule has 0 radical (unpaired) electrons. The van der Waals surface area contributed by atoms with E-state index < -0.39 is 0 Å². The number of nitrogens with two attached hydrogens (primary N) is 1. The van der Waals surface area contributed by atoms with E-state index in [0.29, 0.717) is 5.76 Å². The van der Waals surface area contributed by atoms with Gasteiger partial charge < -0.3 is 4.84 Å². The summed E-state index contributed by atoms with van der Waals surface area (Å²) in [7, 11) is 0. The Morgan fingerprint density at radius 3 is 2.44 bits per heavy atom. The zero-order chi connectivity index (χ0) is 12.0. The van der Waals surface area contributed by atoms with E-state index in [1.165, 1.54) is 0 Å². The molecule has 1 rings (SSSR count). The van der Waals surface area contributed by atoms with Crippen LogP contribution in [-0.2, 0) is 4.84 Å². The summed E-state index contributed by atoms with van der Waals surface area (Å²) in [6.07, 6.45) is 1.71. The maximum atomic E-state index is 5.04. The first-order valence-electron chi connectivity index (χ1n) is 4.98. The SMILES string of the molecule is C=C(/C=C(\N=C(C)C)c1ccccc1)ON. The second-order valence-electron chi connectivity index (χ2n) is 3.54. The van der Waals surface area contributed by atoms with Crippen molar-refractivity contribution in [2.75, 3.05) is 0 Å². The third-order valence-corrected chi connectivity index (χ3v) is 1.86. The molecule has 0 amide bonds. The van der Waals surface area contributed by atoms with Crippen LogP contribution in [0.15, 0.2) is 53.7 Å². The second kappa shape index (κ2) is 5.88. The molecule has 1 aromatic carbocycles. The van der Waals surface area contributed by atoms with Crippen molar-refractivity contribution >= 4 is 11.4 Å². The third-order valence-electron chi connectivity index (χ3n) is 1.86. The molecule has 0 fully saturated rings. The molecule has 0 aromatic heterocycles. The van der Waals surface area contributed by atoms with Crippen molar-refractivity contribution in [3.8, 4) is 0 Å². The first-order chi connectivity index (χ1) is 7.63. The highest BCUT2D eigenvalue weighted by Gasteiger charge is 2.00. The molecule has 0 aliphatic carbocycles. The molecule has 2 N–H and O–H groups in total. The van der Waals surface area contributed by atoms with Crippen LogP contribution in [0.2, 0.25) is 0 Å². The highest BCUT2D eigenvalue weighted by atomic mass is 16.6. The number of nitrogens with zero attached hydrogens (tertiary/aromatic N) is 1. The van der Waals surface area contributed by atoms with Gasteiger partial charge >= 0.3 is 0 Å². The van der Waals surface area contributed by atoms with Crippen LogP contribution in [0.5, 0.6) is 0 Å². The van der Waals surface area contributed by atoms with Crippen LogP contribution >= 0.6 is 0 Å². The van der Waals surface area contributed by atoms with Crippen LogP contribution in [-0.4, -0.2) is 5.71 Å². The van der Waals surface area contributed by atoms with Crippen LogP contribution in [0.3, 0.4) is 0 Å². The van der Waals surface area contributed by atoms with E-state index in [-0.39, 0.29) is 0 Å². The summed E-state index contributed by atoms with van der Waals surface area (Å²) in [4.78, 5) is 8.96. The Bertz CT molecular complexity index is 415. The summed E-state index contributed by atoms with van der Waals surface area (Å²) in [5, 5.41) is 0. The fourth-order valence-corrected chi connectivity index (χ4v) is 1.22. The zero-order valence-corrected chi connectivity index (χ0v) is 9.60. The Balaban J connectivity index is 3.12. The Hall–Kier alpha value is -1.87. The van der Waals surface area contributed by atoms with Crippen molar-refractivity contribution in [1.82, 2.24) is 0 Å². The molecular formula is C13H16N2O. The average Bonchev–Trinajstić information content (AvgIpc) is 2.28. The fraction of sp³-hybridized carbons (Fsp3) is 0.154. The monoisotopic (exact) mass is 216 g/mol. The minimum atomic E-state index is 0.379. The molecule has 0 heterocycles. The quantitative estimate of drug-likeness (QED) is 0.364. The molecule has 0 saturated heterocycles. The van der Waals surface area contributed by atoms with Gasteiger partial charge in [0.2, 0.25) is 0 Å². The van der Waals surface area contributed by atoms with E-state index in [4.69, 9.17) is 5.90 Å². The Kier molecular flexibility index (Phi) is 4.48. The predicted octanol–water partition coefficient (Wildman–Crippen LogP) is 2.91. The predicted molar refractivity (Wildman–Crippen MR) is 67.6 cm³/mol. The molecule has 84 valence electrons. The van der Waals surface area contributed by atoms with E-state index in [1.54, 1.807) is 6.08 Å². The molecule has 3 heteroatoms. The number of allylic oxidation sites excluding steroid dienone is 1. The average molecular weight is 216 g/mol. The van der Waals surface area contributed by atoms with Crippen LogP contribution in [0.25, 0.3) is 5.70 Å². The number of hydrogen-bond donors (Lipinski definition) is 1. The van der Waals surface area contributed by atoms with Crippen LogP contribution in [0.1, 0.15) is 19.4 Å². The van der Waals surface area contributed by atoms with Gasteiger partial charge in [-0.15, -0.1) is 0 Å². The smallest absolute Gasteiger partial charge is 0.141 e. The maximum absolute atomic E-state index is 5.04. The van der Waals surface area contributed by atoms with Gasteiger partial charge in [-0.05, 0) is 13.8 Å². The van der Waals surface area contributed by atoms with E-state index in [2.05, 4.69) is 16.4 Å². The van der Waals surface area contributed by atoms with Gasteiger partial charge in [0.15, 0.2) is 0 Å². The van der Waals surface area contributed by atoms with Gasteiger partial charge in [-0.25, -0.2) is 0 Å². The zero-order valence-electron chi connectivity index (χ0n) is 9.60.